The highest BCUT2D eigenvalue weighted by Gasteiger charge is 2.46. The maximum atomic E-state index is 4.76. The van der Waals surface area contributed by atoms with E-state index in [4.69, 9.17) is 4.98 Å². The topological polar surface area (TPSA) is 81.4 Å². The van der Waals surface area contributed by atoms with Crippen LogP contribution in [0.5, 0.6) is 0 Å². The number of nitrogens with zero attached hydrogens (tertiary/aromatic N) is 2. The Morgan fingerprint density at radius 2 is 1.50 bits per heavy atom. The van der Waals surface area contributed by atoms with Crippen molar-refractivity contribution < 1.29 is 0 Å². The second-order valence-corrected chi connectivity index (χ2v) is 11.4. The van der Waals surface area contributed by atoms with Gasteiger partial charge < -0.3 is 20.6 Å². The van der Waals surface area contributed by atoms with Crippen molar-refractivity contribution in [1.29, 1.82) is 0 Å². The maximum Gasteiger partial charge on any atom is 0.137 e. The summed E-state index contributed by atoms with van der Waals surface area (Å²) in [6, 6.07) is 23.9. The lowest BCUT2D eigenvalue weighted by atomic mass is 9.94. The van der Waals surface area contributed by atoms with E-state index >= 15 is 0 Å². The predicted octanol–water partition coefficient (Wildman–Crippen LogP) is 6.52. The van der Waals surface area contributed by atoms with Crippen molar-refractivity contribution in [3.8, 4) is 33.8 Å². The highest BCUT2D eigenvalue weighted by Crippen LogP contribution is 2.45. The lowest BCUT2D eigenvalue weighted by molar-refractivity contribution is 0.543. The summed E-state index contributed by atoms with van der Waals surface area (Å²) in [4.78, 5) is 16.6. The summed E-state index contributed by atoms with van der Waals surface area (Å²) < 4.78 is 0. The molecule has 3 aromatic carbocycles. The molecule has 5 aromatic rings. The van der Waals surface area contributed by atoms with Crippen molar-refractivity contribution in [2.75, 3.05) is 0 Å². The average molecular weight is 501 g/mol. The largest absolute Gasteiger partial charge is 0.341 e. The van der Waals surface area contributed by atoms with Gasteiger partial charge in [0.15, 0.2) is 0 Å². The molecule has 1 saturated carbocycles. The second-order valence-electron chi connectivity index (χ2n) is 11.4. The van der Waals surface area contributed by atoms with E-state index in [2.05, 4.69) is 93.2 Å². The number of hydrogen-bond acceptors (Lipinski definition) is 4. The lowest BCUT2D eigenvalue weighted by Gasteiger charge is -2.12. The summed E-state index contributed by atoms with van der Waals surface area (Å²) in [5.74, 6) is 2.84. The molecule has 0 amide bonds. The van der Waals surface area contributed by atoms with E-state index in [9.17, 15) is 0 Å². The molecule has 6 nitrogen and oxygen atoms in total. The van der Waals surface area contributed by atoms with Crippen molar-refractivity contribution >= 4 is 10.8 Å². The number of H-pyrrole nitrogens is 2. The number of hydrogen-bond donors (Lipinski definition) is 4. The van der Waals surface area contributed by atoms with E-state index in [1.54, 1.807) is 0 Å². The van der Waals surface area contributed by atoms with Gasteiger partial charge in [0.2, 0.25) is 0 Å². The molecular formula is C32H32N6. The Morgan fingerprint density at radius 1 is 0.711 bits per heavy atom. The summed E-state index contributed by atoms with van der Waals surface area (Å²) in [5.41, 5.74) is 7.00. The van der Waals surface area contributed by atoms with Gasteiger partial charge in [0.1, 0.15) is 11.6 Å². The third-order valence-electron chi connectivity index (χ3n) is 8.83. The van der Waals surface area contributed by atoms with Gasteiger partial charge in [-0.15, -0.1) is 0 Å². The molecule has 190 valence electrons. The standard InChI is InChI=1S/C32H32N6/c1-18-8-13-26(35-18)30-17-33-31(38-30)20-11-9-19(10-12-20)22-4-2-6-24-23(22)5-3-7-25(24)29-16-34-32(37-29)28-15-21-14-27(21)36-28/h2-7,9-12,16-18,21,26-28,35-36H,8,13-15H2,1H3,(H,33,38)(H,34,37)/t18-,21-,26+,27-,28+/m1/s1. The van der Waals surface area contributed by atoms with Crippen LogP contribution in [0.1, 0.15) is 56.2 Å². The average Bonchev–Trinajstić information content (AvgIpc) is 3.51. The second kappa shape index (κ2) is 8.65. The molecule has 2 aliphatic heterocycles. The monoisotopic (exact) mass is 500 g/mol. The molecule has 2 saturated heterocycles. The van der Waals surface area contributed by atoms with Gasteiger partial charge in [0.05, 0.1) is 29.8 Å². The molecule has 3 aliphatic rings. The Balaban J connectivity index is 1.09. The van der Waals surface area contributed by atoms with Gasteiger partial charge in [-0.3, -0.25) is 0 Å². The minimum Gasteiger partial charge on any atom is -0.341 e. The predicted molar refractivity (Wildman–Crippen MR) is 152 cm³/mol. The van der Waals surface area contributed by atoms with Crippen LogP contribution in [0.4, 0.5) is 0 Å². The van der Waals surface area contributed by atoms with Crippen molar-refractivity contribution in [2.45, 2.75) is 56.8 Å². The van der Waals surface area contributed by atoms with E-state index < -0.39 is 0 Å². The van der Waals surface area contributed by atoms with Gasteiger partial charge in [-0.25, -0.2) is 9.97 Å². The summed E-state index contributed by atoms with van der Waals surface area (Å²) >= 11 is 0. The zero-order valence-electron chi connectivity index (χ0n) is 21.5. The fourth-order valence-corrected chi connectivity index (χ4v) is 6.62. The highest BCUT2D eigenvalue weighted by molar-refractivity contribution is 6.04. The summed E-state index contributed by atoms with van der Waals surface area (Å²) in [5, 5.41) is 9.83. The molecule has 38 heavy (non-hydrogen) atoms. The fraction of sp³-hybridized carbons (Fsp3) is 0.312. The van der Waals surface area contributed by atoms with Crippen LogP contribution in [-0.2, 0) is 0 Å². The van der Waals surface area contributed by atoms with Crippen molar-refractivity contribution in [3.05, 3.63) is 84.6 Å². The Morgan fingerprint density at radius 3 is 2.26 bits per heavy atom. The van der Waals surface area contributed by atoms with Crippen molar-refractivity contribution in [2.24, 2.45) is 5.92 Å². The number of rotatable bonds is 5. The first kappa shape index (κ1) is 22.3. The Labute approximate surface area is 222 Å². The smallest absolute Gasteiger partial charge is 0.137 e. The minimum absolute atomic E-state index is 0.361. The Bertz CT molecular complexity index is 1620. The van der Waals surface area contributed by atoms with Crippen molar-refractivity contribution in [1.82, 2.24) is 30.6 Å². The van der Waals surface area contributed by atoms with Crippen molar-refractivity contribution in [3.63, 3.8) is 0 Å². The third-order valence-corrected chi connectivity index (χ3v) is 8.83. The number of imidazole rings is 2. The maximum absolute atomic E-state index is 4.76. The number of benzene rings is 3. The van der Waals surface area contributed by atoms with E-state index in [1.165, 1.54) is 52.4 Å². The molecule has 2 aromatic heterocycles. The van der Waals surface area contributed by atoms with Crippen LogP contribution in [0.15, 0.2) is 73.1 Å². The Kier molecular flexibility index (Phi) is 5.07. The van der Waals surface area contributed by atoms with Gasteiger partial charge in [0.25, 0.3) is 0 Å². The molecule has 4 N–H and O–H groups in total. The van der Waals surface area contributed by atoms with Crippen LogP contribution >= 0.6 is 0 Å². The van der Waals surface area contributed by atoms with Crippen LogP contribution in [0.2, 0.25) is 0 Å². The van der Waals surface area contributed by atoms with Crippen LogP contribution in [0.3, 0.4) is 0 Å². The normalized spacial score (nSPS) is 26.2. The van der Waals surface area contributed by atoms with E-state index in [1.807, 2.05) is 12.4 Å². The molecule has 6 heteroatoms. The van der Waals surface area contributed by atoms with Crippen LogP contribution in [-0.4, -0.2) is 32.0 Å². The molecule has 1 aliphatic carbocycles. The summed E-state index contributed by atoms with van der Waals surface area (Å²) in [6.07, 6.45) is 8.87. The van der Waals surface area contributed by atoms with Crippen LogP contribution in [0.25, 0.3) is 44.5 Å². The first-order chi connectivity index (χ1) is 18.7. The number of aromatic nitrogens is 4. The third kappa shape index (κ3) is 3.79. The first-order valence-corrected chi connectivity index (χ1v) is 13.9. The lowest BCUT2D eigenvalue weighted by Crippen LogP contribution is -2.20. The zero-order chi connectivity index (χ0) is 25.2. The van der Waals surface area contributed by atoms with Gasteiger partial charge in [0, 0.05) is 29.3 Å². The van der Waals surface area contributed by atoms with Crippen LogP contribution in [0, 0.1) is 5.92 Å². The molecule has 0 unspecified atom stereocenters. The summed E-state index contributed by atoms with van der Waals surface area (Å²) in [7, 11) is 0. The number of fused-ring (bicyclic) bond motifs is 2. The van der Waals surface area contributed by atoms with Gasteiger partial charge >= 0.3 is 0 Å². The van der Waals surface area contributed by atoms with E-state index in [0.717, 1.165) is 35.2 Å². The fourth-order valence-electron chi connectivity index (χ4n) is 6.62. The zero-order valence-corrected chi connectivity index (χ0v) is 21.5. The quantitative estimate of drug-likeness (QED) is 0.221. The molecule has 5 atom stereocenters. The SMILES string of the molecule is C[C@@H]1CC[C@@H](c2cnc(-c3ccc(-c4cccc5c(-c6cnc([C@@H]7C[C@H]8C[C@H]8N7)[nH]6)cccc45)cc3)[nH]2)N1. The molecule has 0 radical (unpaired) electrons. The molecule has 0 bridgehead atoms. The number of piperidine rings is 1. The van der Waals surface area contributed by atoms with E-state index in [-0.39, 0.29) is 0 Å². The van der Waals surface area contributed by atoms with Gasteiger partial charge in [-0.05, 0) is 60.4 Å². The van der Waals surface area contributed by atoms with Crippen LogP contribution < -0.4 is 10.6 Å². The Hall–Kier alpha value is -3.74. The molecule has 8 rings (SSSR count). The molecule has 0 spiro atoms. The summed E-state index contributed by atoms with van der Waals surface area (Å²) in [6.45, 7) is 2.24. The molecular weight excluding hydrogens is 468 g/mol. The van der Waals surface area contributed by atoms with E-state index in [0.29, 0.717) is 24.2 Å². The number of aromatic amines is 2. The van der Waals surface area contributed by atoms with Gasteiger partial charge in [-0.1, -0.05) is 60.7 Å². The molecule has 3 fully saturated rings. The van der Waals surface area contributed by atoms with Gasteiger partial charge in [-0.2, -0.15) is 0 Å². The number of nitrogens with one attached hydrogen (secondary N) is 4. The minimum atomic E-state index is 0.361. The molecule has 4 heterocycles. The highest BCUT2D eigenvalue weighted by atomic mass is 15.1. The first-order valence-electron chi connectivity index (χ1n) is 13.9.